The monoisotopic (exact) mass is 513 g/mol. The molecule has 5 rings (SSSR count). The largest absolute Gasteiger partial charge is 0.493 e. The fourth-order valence-electron chi connectivity index (χ4n) is 4.67. The molecule has 1 aliphatic rings. The van der Waals surface area contributed by atoms with Gasteiger partial charge in [0.1, 0.15) is 0 Å². The second-order valence-electron chi connectivity index (χ2n) is 8.92. The second-order valence-corrected chi connectivity index (χ2v) is 9.36. The molecule has 0 spiro atoms. The van der Waals surface area contributed by atoms with Crippen molar-refractivity contribution in [3.63, 3.8) is 0 Å². The lowest BCUT2D eigenvalue weighted by Gasteiger charge is -2.22. The fraction of sp³-hybridized carbons (Fsp3) is 0.200. The summed E-state index contributed by atoms with van der Waals surface area (Å²) < 4.78 is 10.9. The number of aromatic nitrogens is 1. The highest BCUT2D eigenvalue weighted by atomic mass is 35.5. The van der Waals surface area contributed by atoms with Crippen molar-refractivity contribution in [2.75, 3.05) is 24.9 Å². The van der Waals surface area contributed by atoms with Crippen molar-refractivity contribution in [3.8, 4) is 11.5 Å². The molecule has 188 valence electrons. The molecule has 1 amide bonds. The van der Waals surface area contributed by atoms with E-state index in [2.05, 4.69) is 10.6 Å². The van der Waals surface area contributed by atoms with Crippen molar-refractivity contribution >= 4 is 51.5 Å². The number of amides is 1. The highest BCUT2D eigenvalue weighted by Crippen LogP contribution is 2.38. The number of hydrogen-bond donors (Lipinski definition) is 2. The number of aryl methyl sites for hydroxylation is 1. The van der Waals surface area contributed by atoms with Gasteiger partial charge < -0.3 is 20.1 Å². The van der Waals surface area contributed by atoms with Crippen LogP contribution in [0, 0.1) is 0 Å². The van der Waals surface area contributed by atoms with Crippen molar-refractivity contribution in [2.24, 2.45) is 0 Å². The standard InChI is InChI=1S/C30H28ClN3O3/c1-36-27-14-12-22(18-28(27)37-2)33-30-23-8-3-4-9-25(23)34-26-13-11-21(17-24(26)30)32-29(35)15-10-19-6-5-7-20(31)16-19/h5-7,10-18H,3-4,8-9H2,1-2H3,(H,32,35)(H,33,34)/b15-10+. The number of pyridine rings is 1. The number of fused-ring (bicyclic) bond motifs is 2. The van der Waals surface area contributed by atoms with Gasteiger partial charge in [-0.2, -0.15) is 0 Å². The summed E-state index contributed by atoms with van der Waals surface area (Å²) in [6, 6.07) is 18.9. The van der Waals surface area contributed by atoms with Crippen LogP contribution in [0.15, 0.2) is 66.7 Å². The lowest BCUT2D eigenvalue weighted by Crippen LogP contribution is -2.11. The third-order valence-electron chi connectivity index (χ3n) is 6.46. The maximum atomic E-state index is 12.7. The lowest BCUT2D eigenvalue weighted by molar-refractivity contribution is -0.111. The van der Waals surface area contributed by atoms with Gasteiger partial charge in [0.15, 0.2) is 11.5 Å². The molecule has 1 aromatic heterocycles. The summed E-state index contributed by atoms with van der Waals surface area (Å²) in [7, 11) is 3.25. The predicted octanol–water partition coefficient (Wildman–Crippen LogP) is 7.18. The van der Waals surface area contributed by atoms with Gasteiger partial charge in [-0.1, -0.05) is 23.7 Å². The van der Waals surface area contributed by atoms with Crippen LogP contribution in [0.5, 0.6) is 11.5 Å². The average Bonchev–Trinajstić information content (AvgIpc) is 2.92. The molecule has 1 aliphatic carbocycles. The first-order valence-electron chi connectivity index (χ1n) is 12.2. The Kier molecular flexibility index (Phi) is 7.28. The van der Waals surface area contributed by atoms with E-state index in [1.54, 1.807) is 26.4 Å². The van der Waals surface area contributed by atoms with E-state index in [0.717, 1.165) is 59.2 Å². The average molecular weight is 514 g/mol. The Balaban J connectivity index is 1.48. The Morgan fingerprint density at radius 3 is 2.57 bits per heavy atom. The van der Waals surface area contributed by atoms with Crippen LogP contribution in [0.2, 0.25) is 5.02 Å². The number of benzene rings is 3. The third kappa shape index (κ3) is 5.54. The Bertz CT molecular complexity index is 1500. The van der Waals surface area contributed by atoms with E-state index in [9.17, 15) is 4.79 Å². The van der Waals surface area contributed by atoms with Crippen LogP contribution in [0.4, 0.5) is 17.1 Å². The molecule has 0 fully saturated rings. The quantitative estimate of drug-likeness (QED) is 0.256. The molecule has 7 heteroatoms. The van der Waals surface area contributed by atoms with Crippen LogP contribution < -0.4 is 20.1 Å². The number of nitrogens with zero attached hydrogens (tertiary/aromatic N) is 1. The van der Waals surface area contributed by atoms with E-state index >= 15 is 0 Å². The minimum Gasteiger partial charge on any atom is -0.493 e. The number of rotatable bonds is 7. The number of anilines is 3. The fourth-order valence-corrected chi connectivity index (χ4v) is 4.87. The maximum Gasteiger partial charge on any atom is 0.248 e. The molecule has 0 unspecified atom stereocenters. The molecule has 6 nitrogen and oxygen atoms in total. The van der Waals surface area contributed by atoms with Crippen LogP contribution in [-0.4, -0.2) is 25.1 Å². The summed E-state index contributed by atoms with van der Waals surface area (Å²) in [4.78, 5) is 17.6. The molecule has 0 radical (unpaired) electrons. The number of ether oxygens (including phenoxy) is 2. The minimum atomic E-state index is -0.223. The smallest absolute Gasteiger partial charge is 0.248 e. The van der Waals surface area contributed by atoms with Crippen molar-refractivity contribution in [3.05, 3.63) is 88.6 Å². The van der Waals surface area contributed by atoms with E-state index in [0.29, 0.717) is 22.2 Å². The van der Waals surface area contributed by atoms with Crippen LogP contribution in [0.3, 0.4) is 0 Å². The topological polar surface area (TPSA) is 72.5 Å². The molecule has 0 atom stereocenters. The van der Waals surface area contributed by atoms with Crippen molar-refractivity contribution in [1.82, 2.24) is 4.98 Å². The number of carbonyl (C=O) groups excluding carboxylic acids is 1. The van der Waals surface area contributed by atoms with E-state index in [1.165, 1.54) is 11.6 Å². The molecular formula is C30H28ClN3O3. The normalized spacial score (nSPS) is 12.8. The molecule has 0 bridgehead atoms. The van der Waals surface area contributed by atoms with Gasteiger partial charge in [0.05, 0.1) is 25.4 Å². The molecular weight excluding hydrogens is 486 g/mol. The van der Waals surface area contributed by atoms with Crippen molar-refractivity contribution < 1.29 is 14.3 Å². The molecule has 37 heavy (non-hydrogen) atoms. The summed E-state index contributed by atoms with van der Waals surface area (Å²) in [5.74, 6) is 1.10. The van der Waals surface area contributed by atoms with E-state index < -0.39 is 0 Å². The molecule has 0 saturated carbocycles. The number of halogens is 1. The number of carbonyl (C=O) groups is 1. The summed E-state index contributed by atoms with van der Waals surface area (Å²) >= 11 is 6.04. The predicted molar refractivity (Wildman–Crippen MR) is 150 cm³/mol. The zero-order valence-electron chi connectivity index (χ0n) is 20.8. The van der Waals surface area contributed by atoms with Crippen molar-refractivity contribution in [1.29, 1.82) is 0 Å². The molecule has 0 saturated heterocycles. The summed E-state index contributed by atoms with van der Waals surface area (Å²) in [5, 5.41) is 8.17. The van der Waals surface area contributed by atoms with Gasteiger partial charge in [0.2, 0.25) is 5.91 Å². The zero-order chi connectivity index (χ0) is 25.8. The van der Waals surface area contributed by atoms with Gasteiger partial charge in [-0.05, 0) is 85.4 Å². The molecule has 0 aliphatic heterocycles. The first-order valence-corrected chi connectivity index (χ1v) is 12.6. The molecule has 3 aromatic carbocycles. The third-order valence-corrected chi connectivity index (χ3v) is 6.69. The molecule has 2 N–H and O–H groups in total. The van der Waals surface area contributed by atoms with Gasteiger partial charge in [-0.3, -0.25) is 9.78 Å². The Hall–Kier alpha value is -4.03. The minimum absolute atomic E-state index is 0.223. The zero-order valence-corrected chi connectivity index (χ0v) is 21.6. The number of hydrogen-bond acceptors (Lipinski definition) is 5. The van der Waals surface area contributed by atoms with Gasteiger partial charge in [-0.25, -0.2) is 0 Å². The van der Waals surface area contributed by atoms with Crippen LogP contribution >= 0.6 is 11.6 Å². The number of methoxy groups -OCH3 is 2. The van der Waals surface area contributed by atoms with E-state index in [4.69, 9.17) is 26.1 Å². The second kappa shape index (κ2) is 10.9. The maximum absolute atomic E-state index is 12.7. The summed E-state index contributed by atoms with van der Waals surface area (Å²) in [6.07, 6.45) is 7.40. The van der Waals surface area contributed by atoms with Crippen LogP contribution in [0.25, 0.3) is 17.0 Å². The Labute approximate surface area is 221 Å². The summed E-state index contributed by atoms with van der Waals surface area (Å²) in [6.45, 7) is 0. The van der Waals surface area contributed by atoms with Crippen LogP contribution in [0.1, 0.15) is 29.7 Å². The van der Waals surface area contributed by atoms with E-state index in [-0.39, 0.29) is 5.91 Å². The van der Waals surface area contributed by atoms with E-state index in [1.807, 2.05) is 54.6 Å². The first kappa shape index (κ1) is 24.7. The first-order chi connectivity index (χ1) is 18.0. The van der Waals surface area contributed by atoms with Crippen molar-refractivity contribution in [2.45, 2.75) is 25.7 Å². The van der Waals surface area contributed by atoms with Gasteiger partial charge >= 0.3 is 0 Å². The Morgan fingerprint density at radius 1 is 0.946 bits per heavy atom. The van der Waals surface area contributed by atoms with Gasteiger partial charge in [0, 0.05) is 39.6 Å². The lowest BCUT2D eigenvalue weighted by atomic mass is 9.92. The van der Waals surface area contributed by atoms with Gasteiger partial charge in [0.25, 0.3) is 0 Å². The Morgan fingerprint density at radius 2 is 1.76 bits per heavy atom. The van der Waals surface area contributed by atoms with Gasteiger partial charge in [-0.15, -0.1) is 0 Å². The molecule has 4 aromatic rings. The SMILES string of the molecule is COc1ccc(Nc2c3c(nc4ccc(NC(=O)/C=C/c5cccc(Cl)c5)cc24)CCCC3)cc1OC. The number of nitrogens with one attached hydrogen (secondary N) is 2. The molecule has 1 heterocycles. The highest BCUT2D eigenvalue weighted by molar-refractivity contribution is 6.30. The summed E-state index contributed by atoms with van der Waals surface area (Å²) in [5.41, 5.74) is 6.69. The highest BCUT2D eigenvalue weighted by Gasteiger charge is 2.19. The van der Waals surface area contributed by atoms with Crippen LogP contribution in [-0.2, 0) is 17.6 Å².